The zero-order valence-corrected chi connectivity index (χ0v) is 17.9. The quantitative estimate of drug-likeness (QED) is 0.712. The van der Waals surface area contributed by atoms with E-state index in [0.29, 0.717) is 25.9 Å². The summed E-state index contributed by atoms with van der Waals surface area (Å²) in [5, 5.41) is 0. The number of rotatable bonds is 4. The van der Waals surface area contributed by atoms with Gasteiger partial charge in [-0.2, -0.15) is 0 Å². The predicted octanol–water partition coefficient (Wildman–Crippen LogP) is 2.32. The molecule has 2 aliphatic heterocycles. The van der Waals surface area contributed by atoms with Crippen molar-refractivity contribution in [3.63, 3.8) is 0 Å². The van der Waals surface area contributed by atoms with E-state index in [1.807, 2.05) is 23.1 Å². The van der Waals surface area contributed by atoms with Crippen molar-refractivity contribution in [2.24, 2.45) is 0 Å². The van der Waals surface area contributed by atoms with Crippen LogP contribution in [-0.4, -0.2) is 82.8 Å². The summed E-state index contributed by atoms with van der Waals surface area (Å²) >= 11 is 0. The molecule has 0 radical (unpaired) electrons. The van der Waals surface area contributed by atoms with Gasteiger partial charge in [0.05, 0.1) is 0 Å². The van der Waals surface area contributed by atoms with Crippen molar-refractivity contribution < 1.29 is 14.4 Å². The molecule has 1 saturated carbocycles. The van der Waals surface area contributed by atoms with E-state index in [1.165, 1.54) is 10.5 Å². The van der Waals surface area contributed by atoms with E-state index in [0.717, 1.165) is 45.3 Å². The molecule has 4 rings (SSSR count). The summed E-state index contributed by atoms with van der Waals surface area (Å²) in [7, 11) is 1.71. The molecule has 0 bridgehead atoms. The van der Waals surface area contributed by atoms with Gasteiger partial charge in [-0.05, 0) is 24.8 Å². The smallest absolute Gasteiger partial charge is 0.327 e. The third kappa shape index (κ3) is 3.95. The van der Waals surface area contributed by atoms with Crippen LogP contribution in [0.5, 0.6) is 0 Å². The number of imide groups is 1. The molecule has 0 unspecified atom stereocenters. The van der Waals surface area contributed by atoms with Crippen LogP contribution in [0.25, 0.3) is 0 Å². The number of likely N-dealkylation sites (N-methyl/N-ethyl adjacent to an activating group) is 1. The maximum Gasteiger partial charge on any atom is 0.327 e. The summed E-state index contributed by atoms with van der Waals surface area (Å²) in [5.74, 6) is -0.303. The van der Waals surface area contributed by atoms with Gasteiger partial charge in [0, 0.05) is 39.8 Å². The highest BCUT2D eigenvalue weighted by Crippen LogP contribution is 2.39. The molecule has 30 heavy (non-hydrogen) atoms. The molecule has 4 amide bonds. The van der Waals surface area contributed by atoms with Crippen LogP contribution in [0.4, 0.5) is 4.79 Å². The Kier molecular flexibility index (Phi) is 6.09. The third-order valence-electron chi connectivity index (χ3n) is 6.97. The van der Waals surface area contributed by atoms with Crippen LogP contribution in [0.3, 0.4) is 0 Å². The molecule has 3 aliphatic rings. The van der Waals surface area contributed by atoms with E-state index in [1.54, 1.807) is 11.9 Å². The molecule has 1 aromatic carbocycles. The second-order valence-electron chi connectivity index (χ2n) is 8.82. The Balaban J connectivity index is 1.36. The van der Waals surface area contributed by atoms with Gasteiger partial charge in [0.15, 0.2) is 0 Å². The summed E-state index contributed by atoms with van der Waals surface area (Å²) in [6.07, 6.45) is 5.31. The van der Waals surface area contributed by atoms with E-state index in [9.17, 15) is 14.4 Å². The molecular weight excluding hydrogens is 380 g/mol. The minimum absolute atomic E-state index is 0.125. The van der Waals surface area contributed by atoms with Gasteiger partial charge < -0.3 is 9.80 Å². The number of benzene rings is 1. The summed E-state index contributed by atoms with van der Waals surface area (Å²) in [5.41, 5.74) is 0.548. The van der Waals surface area contributed by atoms with Crippen molar-refractivity contribution in [1.82, 2.24) is 19.6 Å². The van der Waals surface area contributed by atoms with Gasteiger partial charge in [0.25, 0.3) is 5.91 Å². The summed E-state index contributed by atoms with van der Waals surface area (Å²) in [4.78, 5) is 45.9. The van der Waals surface area contributed by atoms with Gasteiger partial charge in [0.2, 0.25) is 5.91 Å². The van der Waals surface area contributed by atoms with Crippen LogP contribution in [-0.2, 0) is 16.1 Å². The molecule has 0 N–H and O–H groups in total. The lowest BCUT2D eigenvalue weighted by atomic mass is 9.81. The highest BCUT2D eigenvalue weighted by Gasteiger charge is 2.56. The summed E-state index contributed by atoms with van der Waals surface area (Å²) < 4.78 is 0. The number of carbonyl (C=O) groups is 3. The van der Waals surface area contributed by atoms with Crippen molar-refractivity contribution in [2.75, 3.05) is 39.8 Å². The van der Waals surface area contributed by atoms with Crippen molar-refractivity contribution in [3.05, 3.63) is 35.9 Å². The van der Waals surface area contributed by atoms with E-state index in [4.69, 9.17) is 0 Å². The molecule has 1 spiro atoms. The number of hydrogen-bond donors (Lipinski definition) is 0. The van der Waals surface area contributed by atoms with Gasteiger partial charge in [-0.25, -0.2) is 4.79 Å². The van der Waals surface area contributed by atoms with Crippen molar-refractivity contribution in [2.45, 2.75) is 50.6 Å². The summed E-state index contributed by atoms with van der Waals surface area (Å²) in [6.45, 7) is 3.77. The first-order valence-electron chi connectivity index (χ1n) is 11.1. The lowest BCUT2D eigenvalue weighted by Gasteiger charge is -2.35. The first kappa shape index (κ1) is 20.8. The Morgan fingerprint density at radius 1 is 0.933 bits per heavy atom. The van der Waals surface area contributed by atoms with Crippen LogP contribution in [0.15, 0.2) is 30.3 Å². The number of carbonyl (C=O) groups excluding carboxylic acids is 3. The van der Waals surface area contributed by atoms with Gasteiger partial charge in [-0.1, -0.05) is 49.6 Å². The lowest BCUT2D eigenvalue weighted by Crippen LogP contribution is -2.49. The SMILES string of the molecule is CN1C(=O)N(CC(=O)N2CCCN(Cc3ccccc3)CC2)C(=O)C12CCCCC2. The lowest BCUT2D eigenvalue weighted by molar-refractivity contribution is -0.140. The fourth-order valence-electron chi connectivity index (χ4n) is 5.13. The second kappa shape index (κ2) is 8.76. The highest BCUT2D eigenvalue weighted by molar-refractivity contribution is 6.08. The molecule has 3 fully saturated rings. The van der Waals surface area contributed by atoms with E-state index in [-0.39, 0.29) is 24.4 Å². The first-order chi connectivity index (χ1) is 14.5. The van der Waals surface area contributed by atoms with Crippen LogP contribution in [0, 0.1) is 0 Å². The molecule has 2 saturated heterocycles. The zero-order valence-electron chi connectivity index (χ0n) is 17.9. The number of urea groups is 1. The fourth-order valence-corrected chi connectivity index (χ4v) is 5.13. The van der Waals surface area contributed by atoms with Gasteiger partial charge in [-0.3, -0.25) is 19.4 Å². The van der Waals surface area contributed by atoms with Crippen LogP contribution in [0.1, 0.15) is 44.1 Å². The maximum atomic E-state index is 13.1. The molecule has 0 atom stereocenters. The van der Waals surface area contributed by atoms with E-state index >= 15 is 0 Å². The van der Waals surface area contributed by atoms with Gasteiger partial charge >= 0.3 is 6.03 Å². The van der Waals surface area contributed by atoms with Crippen molar-refractivity contribution in [3.8, 4) is 0 Å². The molecule has 2 heterocycles. The Labute approximate surface area is 178 Å². The monoisotopic (exact) mass is 412 g/mol. The number of hydrogen-bond acceptors (Lipinski definition) is 4. The topological polar surface area (TPSA) is 64.2 Å². The molecule has 1 aromatic rings. The fraction of sp³-hybridized carbons (Fsp3) is 0.609. The molecule has 162 valence electrons. The average Bonchev–Trinajstić information content (AvgIpc) is 2.96. The largest absolute Gasteiger partial charge is 0.340 e. The van der Waals surface area contributed by atoms with E-state index < -0.39 is 5.54 Å². The van der Waals surface area contributed by atoms with Crippen LogP contribution >= 0.6 is 0 Å². The predicted molar refractivity (Wildman–Crippen MR) is 114 cm³/mol. The number of amides is 4. The second-order valence-corrected chi connectivity index (χ2v) is 8.82. The Morgan fingerprint density at radius 2 is 1.67 bits per heavy atom. The van der Waals surface area contributed by atoms with E-state index in [2.05, 4.69) is 17.0 Å². The van der Waals surface area contributed by atoms with Crippen LogP contribution < -0.4 is 0 Å². The Bertz CT molecular complexity index is 791. The summed E-state index contributed by atoms with van der Waals surface area (Å²) in [6, 6.07) is 10.0. The molecule has 0 aromatic heterocycles. The van der Waals surface area contributed by atoms with Gasteiger partial charge in [-0.15, -0.1) is 0 Å². The molecule has 7 nitrogen and oxygen atoms in total. The number of nitrogens with zero attached hydrogens (tertiary/aromatic N) is 4. The Morgan fingerprint density at radius 3 is 2.40 bits per heavy atom. The standard InChI is InChI=1S/C23H32N4O3/c1-24-22(30)27(21(29)23(24)11-6-3-7-12-23)18-20(28)26-14-8-13-25(15-16-26)17-19-9-4-2-5-10-19/h2,4-5,9-10H,3,6-8,11-18H2,1H3. The Hall–Kier alpha value is -2.41. The normalized spacial score (nSPS) is 22.6. The van der Waals surface area contributed by atoms with Crippen molar-refractivity contribution >= 4 is 17.8 Å². The minimum atomic E-state index is -0.721. The molecule has 7 heteroatoms. The van der Waals surface area contributed by atoms with Gasteiger partial charge in [0.1, 0.15) is 12.1 Å². The van der Waals surface area contributed by atoms with Crippen molar-refractivity contribution in [1.29, 1.82) is 0 Å². The highest BCUT2D eigenvalue weighted by atomic mass is 16.2. The molecule has 1 aliphatic carbocycles. The maximum absolute atomic E-state index is 13.1. The minimum Gasteiger partial charge on any atom is -0.340 e. The zero-order chi connectivity index (χ0) is 21.1. The first-order valence-corrected chi connectivity index (χ1v) is 11.1. The molecular formula is C23H32N4O3. The third-order valence-corrected chi connectivity index (χ3v) is 6.97. The average molecular weight is 413 g/mol. The van der Waals surface area contributed by atoms with Crippen LogP contribution in [0.2, 0.25) is 0 Å².